The number of allylic oxidation sites excluding steroid dienone is 3. The monoisotopic (exact) mass is 358 g/mol. The molecule has 0 aromatic heterocycles. The molecule has 3 nitrogen and oxygen atoms in total. The maximum Gasteiger partial charge on any atom is 0.143 e. The van der Waals surface area contributed by atoms with Gasteiger partial charge in [0.1, 0.15) is 17.1 Å². The number of aliphatic hydroxyl groups excluding tert-OH is 1. The van der Waals surface area contributed by atoms with Gasteiger partial charge in [0.15, 0.2) is 0 Å². The fourth-order valence-corrected chi connectivity index (χ4v) is 5.00. The summed E-state index contributed by atoms with van der Waals surface area (Å²) >= 11 is 0. The van der Waals surface area contributed by atoms with Crippen molar-refractivity contribution in [3.8, 4) is 5.75 Å². The molecule has 3 N–H and O–H groups in total. The molecule has 0 heterocycles. The van der Waals surface area contributed by atoms with E-state index in [9.17, 15) is 15.3 Å². The van der Waals surface area contributed by atoms with Crippen LogP contribution in [0.5, 0.6) is 5.75 Å². The van der Waals surface area contributed by atoms with E-state index in [1.165, 1.54) is 16.7 Å². The first kappa shape index (κ1) is 16.4. The van der Waals surface area contributed by atoms with Crippen LogP contribution in [0.1, 0.15) is 28.7 Å². The van der Waals surface area contributed by atoms with Crippen LogP contribution >= 0.6 is 0 Å². The molecule has 2 unspecified atom stereocenters. The first-order valence-electron chi connectivity index (χ1n) is 9.40. The Morgan fingerprint density at radius 2 is 1.67 bits per heavy atom. The number of benzene rings is 2. The second kappa shape index (κ2) is 5.61. The van der Waals surface area contributed by atoms with E-state index in [0.29, 0.717) is 12.2 Å². The molecule has 0 bridgehead atoms. The van der Waals surface area contributed by atoms with Crippen molar-refractivity contribution in [1.82, 2.24) is 0 Å². The zero-order valence-corrected chi connectivity index (χ0v) is 15.0. The van der Waals surface area contributed by atoms with E-state index in [1.807, 2.05) is 30.4 Å². The number of hydrogen-bond acceptors (Lipinski definition) is 3. The quantitative estimate of drug-likeness (QED) is 0.714. The number of phenols is 1. The highest BCUT2D eigenvalue weighted by Crippen LogP contribution is 2.55. The summed E-state index contributed by atoms with van der Waals surface area (Å²) in [6, 6.07) is 14.0. The van der Waals surface area contributed by atoms with Gasteiger partial charge in [-0.3, -0.25) is 0 Å². The summed E-state index contributed by atoms with van der Waals surface area (Å²) in [4.78, 5) is 0. The van der Waals surface area contributed by atoms with Crippen LogP contribution in [-0.4, -0.2) is 20.9 Å². The van der Waals surface area contributed by atoms with E-state index in [4.69, 9.17) is 0 Å². The van der Waals surface area contributed by atoms with Gasteiger partial charge >= 0.3 is 0 Å². The lowest BCUT2D eigenvalue weighted by molar-refractivity contribution is 0.0813. The number of rotatable bonds is 1. The molecule has 0 fully saturated rings. The van der Waals surface area contributed by atoms with E-state index in [0.717, 1.165) is 30.4 Å². The molecule has 3 heteroatoms. The Balaban J connectivity index is 1.66. The minimum atomic E-state index is -1.37. The van der Waals surface area contributed by atoms with Crippen LogP contribution in [0.15, 0.2) is 72.5 Å². The number of aromatic hydroxyl groups is 1. The predicted molar refractivity (Wildman–Crippen MR) is 105 cm³/mol. The standard InChI is InChI=1S/C24H22O3/c25-19-9-8-16-12-23(14-18(16)11-19)13-17-5-1-2-6-20(17)21(23)15-24(27)10-4-3-7-22(24)26/h1-9,11,15,25-27H,10,12-14H2/b21-15+. The van der Waals surface area contributed by atoms with Gasteiger partial charge in [0.05, 0.1) is 0 Å². The van der Waals surface area contributed by atoms with Crippen molar-refractivity contribution in [2.45, 2.75) is 31.3 Å². The predicted octanol–water partition coefficient (Wildman–Crippen LogP) is 4.25. The van der Waals surface area contributed by atoms with Gasteiger partial charge < -0.3 is 15.3 Å². The number of hydrogen-bond donors (Lipinski definition) is 3. The van der Waals surface area contributed by atoms with Gasteiger partial charge in [-0.2, -0.15) is 0 Å². The maximum atomic E-state index is 11.1. The van der Waals surface area contributed by atoms with Crippen LogP contribution in [0.25, 0.3) is 5.57 Å². The van der Waals surface area contributed by atoms with Crippen molar-refractivity contribution >= 4 is 5.57 Å². The summed E-state index contributed by atoms with van der Waals surface area (Å²) in [6.07, 6.45) is 10.1. The number of phenolic OH excluding ortho intramolecular Hbond substituents is 1. The zero-order chi connectivity index (χ0) is 18.6. The van der Waals surface area contributed by atoms with Gasteiger partial charge in [-0.1, -0.05) is 42.5 Å². The Bertz CT molecular complexity index is 1030. The molecule has 2 atom stereocenters. The van der Waals surface area contributed by atoms with Gasteiger partial charge in [0.2, 0.25) is 0 Å². The summed E-state index contributed by atoms with van der Waals surface area (Å²) in [6.45, 7) is 0. The van der Waals surface area contributed by atoms with Gasteiger partial charge in [0.25, 0.3) is 0 Å². The zero-order valence-electron chi connectivity index (χ0n) is 15.0. The largest absolute Gasteiger partial charge is 0.509 e. The third-order valence-electron chi connectivity index (χ3n) is 6.30. The van der Waals surface area contributed by atoms with E-state index < -0.39 is 5.60 Å². The van der Waals surface area contributed by atoms with Crippen LogP contribution in [-0.2, 0) is 19.3 Å². The van der Waals surface area contributed by atoms with Crippen molar-refractivity contribution in [3.63, 3.8) is 0 Å². The lowest BCUT2D eigenvalue weighted by Gasteiger charge is -2.31. The first-order valence-corrected chi connectivity index (χ1v) is 9.40. The molecular weight excluding hydrogens is 336 g/mol. The van der Waals surface area contributed by atoms with E-state index in [-0.39, 0.29) is 11.2 Å². The molecule has 2 aromatic carbocycles. The molecule has 27 heavy (non-hydrogen) atoms. The molecular formula is C24H22O3. The normalized spacial score (nSPS) is 29.8. The second-order valence-electron chi connectivity index (χ2n) is 8.09. The average Bonchev–Trinajstić information content (AvgIpc) is 3.15. The van der Waals surface area contributed by atoms with Crippen molar-refractivity contribution < 1.29 is 15.3 Å². The highest BCUT2D eigenvalue weighted by molar-refractivity contribution is 5.80. The summed E-state index contributed by atoms with van der Waals surface area (Å²) < 4.78 is 0. The summed E-state index contributed by atoms with van der Waals surface area (Å²) in [5.74, 6) is 0.286. The first-order chi connectivity index (χ1) is 13.0. The van der Waals surface area contributed by atoms with Crippen molar-refractivity contribution in [1.29, 1.82) is 0 Å². The lowest BCUT2D eigenvalue weighted by Crippen LogP contribution is -2.32. The molecule has 0 saturated carbocycles. The van der Waals surface area contributed by atoms with Gasteiger partial charge in [-0.25, -0.2) is 0 Å². The van der Waals surface area contributed by atoms with Crippen LogP contribution in [0.4, 0.5) is 0 Å². The second-order valence-corrected chi connectivity index (χ2v) is 8.09. The minimum Gasteiger partial charge on any atom is -0.509 e. The van der Waals surface area contributed by atoms with E-state index >= 15 is 0 Å². The topological polar surface area (TPSA) is 60.7 Å². The fourth-order valence-electron chi connectivity index (χ4n) is 5.00. The minimum absolute atomic E-state index is 0.00909. The van der Waals surface area contributed by atoms with E-state index in [2.05, 4.69) is 18.2 Å². The summed E-state index contributed by atoms with van der Waals surface area (Å²) in [7, 11) is 0. The molecule has 2 aromatic rings. The Kier molecular flexibility index (Phi) is 3.40. The molecule has 3 aliphatic carbocycles. The van der Waals surface area contributed by atoms with Crippen LogP contribution < -0.4 is 0 Å². The van der Waals surface area contributed by atoms with Crippen molar-refractivity contribution in [2.24, 2.45) is 5.41 Å². The molecule has 0 aliphatic heterocycles. The van der Waals surface area contributed by atoms with Crippen LogP contribution in [0.2, 0.25) is 0 Å². The number of aliphatic hydroxyl groups is 2. The molecule has 0 saturated heterocycles. The number of fused-ring (bicyclic) bond motifs is 2. The molecule has 1 spiro atoms. The average molecular weight is 358 g/mol. The Morgan fingerprint density at radius 1 is 0.889 bits per heavy atom. The SMILES string of the molecule is OC1=CC=CCC1(O)/C=C1\c2ccccc2CC12Cc1ccc(O)cc1C2. The highest BCUT2D eigenvalue weighted by Gasteiger charge is 2.47. The third kappa shape index (κ3) is 2.46. The van der Waals surface area contributed by atoms with E-state index in [1.54, 1.807) is 18.2 Å². The molecule has 3 aliphatic rings. The smallest absolute Gasteiger partial charge is 0.143 e. The molecule has 0 amide bonds. The summed E-state index contributed by atoms with van der Waals surface area (Å²) in [5.41, 5.74) is 4.45. The van der Waals surface area contributed by atoms with Crippen LogP contribution in [0, 0.1) is 5.41 Å². The molecule has 5 rings (SSSR count). The maximum absolute atomic E-state index is 11.1. The van der Waals surface area contributed by atoms with Gasteiger partial charge in [-0.15, -0.1) is 0 Å². The van der Waals surface area contributed by atoms with Crippen LogP contribution in [0.3, 0.4) is 0 Å². The highest BCUT2D eigenvalue weighted by atomic mass is 16.3. The molecule has 0 radical (unpaired) electrons. The Labute approximate surface area is 158 Å². The van der Waals surface area contributed by atoms with Gasteiger partial charge in [0, 0.05) is 11.8 Å². The Hall–Kier alpha value is -2.78. The van der Waals surface area contributed by atoms with Crippen molar-refractivity contribution in [3.05, 3.63) is 94.8 Å². The third-order valence-corrected chi connectivity index (χ3v) is 6.30. The van der Waals surface area contributed by atoms with Gasteiger partial charge in [-0.05, 0) is 71.4 Å². The molecule has 136 valence electrons. The lowest BCUT2D eigenvalue weighted by atomic mass is 9.75. The Morgan fingerprint density at radius 3 is 2.52 bits per heavy atom. The summed E-state index contributed by atoms with van der Waals surface area (Å²) in [5, 5.41) is 31.4. The fraction of sp³-hybridized carbons (Fsp3) is 0.250. The van der Waals surface area contributed by atoms with Crippen molar-refractivity contribution in [2.75, 3.05) is 0 Å².